The molecule has 3 fully saturated rings. The molecule has 4 heteroatoms. The lowest BCUT2D eigenvalue weighted by Crippen LogP contribution is -2.54. The van der Waals surface area contributed by atoms with E-state index in [1.165, 1.54) is 38.8 Å². The second-order valence-electron chi connectivity index (χ2n) is 7.28. The number of carbonyl (C=O) groups is 1. The molecule has 1 spiro atoms. The number of nitrogens with zero attached hydrogens (tertiary/aromatic N) is 2. The van der Waals surface area contributed by atoms with Crippen LogP contribution in [0.4, 0.5) is 0 Å². The van der Waals surface area contributed by atoms with E-state index in [1.54, 1.807) is 6.92 Å². The average molecular weight is 294 g/mol. The van der Waals surface area contributed by atoms with Gasteiger partial charge in [0.15, 0.2) is 0 Å². The summed E-state index contributed by atoms with van der Waals surface area (Å²) in [4.78, 5) is 16.2. The largest absolute Gasteiger partial charge is 0.375 e. The second-order valence-corrected chi connectivity index (χ2v) is 7.28. The maximum absolute atomic E-state index is 11.6. The van der Waals surface area contributed by atoms with E-state index in [2.05, 4.69) is 4.90 Å². The standard InChI is InChI=1S/C17H30N2O2/c1-14(20)18(2)16-7-12-21-17(13-16)8-10-19(11-9-17)15-5-3-4-6-15/h15-16H,3-13H2,1-2H3. The molecule has 1 atom stereocenters. The van der Waals surface area contributed by atoms with E-state index in [1.807, 2.05) is 11.9 Å². The molecule has 0 aromatic rings. The van der Waals surface area contributed by atoms with Crippen molar-refractivity contribution < 1.29 is 9.53 Å². The smallest absolute Gasteiger partial charge is 0.219 e. The number of hydrogen-bond acceptors (Lipinski definition) is 3. The normalized spacial score (nSPS) is 30.7. The third-order valence-corrected chi connectivity index (χ3v) is 6.06. The minimum Gasteiger partial charge on any atom is -0.375 e. The molecule has 2 saturated heterocycles. The third kappa shape index (κ3) is 3.26. The fraction of sp³-hybridized carbons (Fsp3) is 0.941. The van der Waals surface area contributed by atoms with Crippen LogP contribution in [0.3, 0.4) is 0 Å². The van der Waals surface area contributed by atoms with Crippen molar-refractivity contribution in [3.8, 4) is 0 Å². The number of hydrogen-bond donors (Lipinski definition) is 0. The van der Waals surface area contributed by atoms with Crippen molar-refractivity contribution in [1.29, 1.82) is 0 Å². The molecule has 1 unspecified atom stereocenters. The molecule has 1 amide bonds. The van der Waals surface area contributed by atoms with Crippen LogP contribution in [0.1, 0.15) is 58.3 Å². The van der Waals surface area contributed by atoms with E-state index in [9.17, 15) is 4.79 Å². The minimum absolute atomic E-state index is 0.0434. The Labute approximate surface area is 128 Å². The van der Waals surface area contributed by atoms with E-state index in [-0.39, 0.29) is 11.5 Å². The summed E-state index contributed by atoms with van der Waals surface area (Å²) in [5, 5.41) is 0. The van der Waals surface area contributed by atoms with Crippen molar-refractivity contribution in [3.05, 3.63) is 0 Å². The summed E-state index contributed by atoms with van der Waals surface area (Å²) < 4.78 is 6.21. The number of likely N-dealkylation sites (tertiary alicyclic amines) is 1. The molecule has 0 radical (unpaired) electrons. The van der Waals surface area contributed by atoms with Crippen LogP contribution in [0.5, 0.6) is 0 Å². The van der Waals surface area contributed by atoms with Gasteiger partial charge in [0.2, 0.25) is 5.91 Å². The molecule has 2 aliphatic heterocycles. The van der Waals surface area contributed by atoms with Crippen molar-refractivity contribution in [2.45, 2.75) is 76.0 Å². The average Bonchev–Trinajstić information content (AvgIpc) is 3.01. The van der Waals surface area contributed by atoms with Crippen molar-refractivity contribution in [1.82, 2.24) is 9.80 Å². The monoisotopic (exact) mass is 294 g/mol. The summed E-state index contributed by atoms with van der Waals surface area (Å²) in [5.74, 6) is 0.181. The Morgan fingerprint density at radius 2 is 1.86 bits per heavy atom. The van der Waals surface area contributed by atoms with E-state index in [0.717, 1.165) is 38.3 Å². The molecule has 0 aromatic heterocycles. The first-order chi connectivity index (χ1) is 10.1. The quantitative estimate of drug-likeness (QED) is 0.784. The Morgan fingerprint density at radius 1 is 1.19 bits per heavy atom. The summed E-state index contributed by atoms with van der Waals surface area (Å²) in [6.45, 7) is 4.85. The Morgan fingerprint density at radius 3 is 2.48 bits per heavy atom. The molecule has 1 saturated carbocycles. The van der Waals surface area contributed by atoms with Crippen LogP contribution in [-0.4, -0.2) is 60.1 Å². The van der Waals surface area contributed by atoms with Crippen LogP contribution >= 0.6 is 0 Å². The summed E-state index contributed by atoms with van der Waals surface area (Å²) in [6, 6.07) is 1.20. The van der Waals surface area contributed by atoms with Gasteiger partial charge >= 0.3 is 0 Å². The van der Waals surface area contributed by atoms with Crippen molar-refractivity contribution in [2.75, 3.05) is 26.7 Å². The highest BCUT2D eigenvalue weighted by atomic mass is 16.5. The number of piperidine rings is 1. The summed E-state index contributed by atoms with van der Waals surface area (Å²) >= 11 is 0. The first-order valence-electron chi connectivity index (χ1n) is 8.71. The van der Waals surface area contributed by atoms with Gasteiger partial charge in [0.1, 0.15) is 0 Å². The van der Waals surface area contributed by atoms with Gasteiger partial charge in [0, 0.05) is 45.8 Å². The summed E-state index contributed by atoms with van der Waals surface area (Å²) in [7, 11) is 1.94. The molecule has 4 nitrogen and oxygen atoms in total. The van der Waals surface area contributed by atoms with Crippen LogP contribution in [0, 0.1) is 0 Å². The second kappa shape index (κ2) is 6.25. The Bertz CT molecular complexity index is 371. The zero-order valence-electron chi connectivity index (χ0n) is 13.6. The number of carbonyl (C=O) groups excluding carboxylic acids is 1. The number of rotatable bonds is 2. The third-order valence-electron chi connectivity index (χ3n) is 6.06. The highest BCUT2D eigenvalue weighted by Crippen LogP contribution is 2.38. The predicted molar refractivity (Wildman–Crippen MR) is 83.2 cm³/mol. The van der Waals surface area contributed by atoms with Gasteiger partial charge in [0.25, 0.3) is 0 Å². The molecule has 0 aromatic carbocycles. The van der Waals surface area contributed by atoms with Crippen LogP contribution in [-0.2, 0) is 9.53 Å². The highest BCUT2D eigenvalue weighted by Gasteiger charge is 2.42. The van der Waals surface area contributed by atoms with Gasteiger partial charge in [-0.1, -0.05) is 12.8 Å². The lowest BCUT2D eigenvalue weighted by Gasteiger charge is -2.48. The van der Waals surface area contributed by atoms with Gasteiger partial charge in [-0.15, -0.1) is 0 Å². The molecular weight excluding hydrogens is 264 g/mol. The van der Waals surface area contributed by atoms with Crippen molar-refractivity contribution >= 4 is 5.91 Å². The molecule has 0 bridgehead atoms. The molecule has 1 aliphatic carbocycles. The summed E-state index contributed by atoms with van der Waals surface area (Å²) in [5.41, 5.74) is 0.0434. The SMILES string of the molecule is CC(=O)N(C)C1CCOC2(CCN(C3CCCC3)CC2)C1. The molecule has 3 rings (SSSR count). The fourth-order valence-corrected chi connectivity index (χ4v) is 4.50. The maximum atomic E-state index is 11.6. The first kappa shape index (κ1) is 15.3. The molecule has 21 heavy (non-hydrogen) atoms. The Balaban J connectivity index is 1.57. The number of ether oxygens (including phenoxy) is 1. The van der Waals surface area contributed by atoms with Gasteiger partial charge in [-0.05, 0) is 38.5 Å². The van der Waals surface area contributed by atoms with Gasteiger partial charge in [-0.3, -0.25) is 4.79 Å². The van der Waals surface area contributed by atoms with Gasteiger partial charge in [0.05, 0.1) is 5.60 Å². The Hall–Kier alpha value is -0.610. The van der Waals surface area contributed by atoms with E-state index >= 15 is 0 Å². The fourth-order valence-electron chi connectivity index (χ4n) is 4.50. The zero-order valence-corrected chi connectivity index (χ0v) is 13.6. The molecule has 3 aliphatic rings. The lowest BCUT2D eigenvalue weighted by molar-refractivity contribution is -0.147. The lowest BCUT2D eigenvalue weighted by atomic mass is 9.81. The van der Waals surface area contributed by atoms with Gasteiger partial charge < -0.3 is 14.5 Å². The number of amides is 1. The van der Waals surface area contributed by atoms with Gasteiger partial charge in [-0.2, -0.15) is 0 Å². The molecule has 0 N–H and O–H groups in total. The first-order valence-corrected chi connectivity index (χ1v) is 8.71. The molecular formula is C17H30N2O2. The van der Waals surface area contributed by atoms with Crippen molar-refractivity contribution in [2.24, 2.45) is 0 Å². The maximum Gasteiger partial charge on any atom is 0.219 e. The van der Waals surface area contributed by atoms with Crippen LogP contribution in [0.2, 0.25) is 0 Å². The van der Waals surface area contributed by atoms with Crippen molar-refractivity contribution in [3.63, 3.8) is 0 Å². The van der Waals surface area contributed by atoms with Crippen LogP contribution in [0.25, 0.3) is 0 Å². The topological polar surface area (TPSA) is 32.8 Å². The predicted octanol–water partition coefficient (Wildman–Crippen LogP) is 2.42. The Kier molecular flexibility index (Phi) is 4.55. The minimum atomic E-state index is 0.0434. The summed E-state index contributed by atoms with van der Waals surface area (Å²) in [6.07, 6.45) is 9.92. The molecule has 120 valence electrons. The van der Waals surface area contributed by atoms with E-state index in [4.69, 9.17) is 4.74 Å². The van der Waals surface area contributed by atoms with Crippen LogP contribution < -0.4 is 0 Å². The van der Waals surface area contributed by atoms with Gasteiger partial charge in [-0.25, -0.2) is 0 Å². The van der Waals surface area contributed by atoms with E-state index in [0.29, 0.717) is 6.04 Å². The van der Waals surface area contributed by atoms with E-state index < -0.39 is 0 Å². The molecule has 2 heterocycles. The highest BCUT2D eigenvalue weighted by molar-refractivity contribution is 5.73. The van der Waals surface area contributed by atoms with Crippen LogP contribution in [0.15, 0.2) is 0 Å². The zero-order chi connectivity index (χ0) is 14.9.